The SMILES string of the molecule is CC(=O)N1CCN(C(=O)[C@H]2C[C@H]3CC[C@@H]2C[C@@]32NC(=O)c3ccccc3O2)CC1. The van der Waals surface area contributed by atoms with E-state index in [1.165, 1.54) is 0 Å². The van der Waals surface area contributed by atoms with Crippen molar-refractivity contribution in [1.82, 2.24) is 15.1 Å². The van der Waals surface area contributed by atoms with E-state index in [1.807, 2.05) is 23.1 Å². The second-order valence-electron chi connectivity index (χ2n) is 8.85. The predicted octanol–water partition coefficient (Wildman–Crippen LogP) is 1.63. The third kappa shape index (κ3) is 2.98. The van der Waals surface area contributed by atoms with Crippen molar-refractivity contribution in [1.29, 1.82) is 0 Å². The summed E-state index contributed by atoms with van der Waals surface area (Å²) in [6, 6.07) is 7.37. The Hall–Kier alpha value is -2.57. The zero-order valence-corrected chi connectivity index (χ0v) is 16.7. The Labute approximate surface area is 170 Å². The molecule has 2 bridgehead atoms. The summed E-state index contributed by atoms with van der Waals surface area (Å²) in [6.45, 7) is 4.02. The molecule has 0 unspecified atom stereocenters. The lowest BCUT2D eigenvalue weighted by molar-refractivity contribution is -0.158. The van der Waals surface area contributed by atoms with Crippen LogP contribution < -0.4 is 10.1 Å². The number of ether oxygens (including phenoxy) is 1. The number of amides is 3. The number of hydrogen-bond acceptors (Lipinski definition) is 4. The number of para-hydroxylation sites is 1. The minimum atomic E-state index is -0.682. The van der Waals surface area contributed by atoms with E-state index in [-0.39, 0.29) is 35.5 Å². The molecule has 4 atom stereocenters. The molecule has 0 aromatic heterocycles. The van der Waals surface area contributed by atoms with E-state index in [9.17, 15) is 14.4 Å². The van der Waals surface area contributed by atoms with Gasteiger partial charge in [0.25, 0.3) is 5.91 Å². The molecule has 7 heteroatoms. The molecule has 1 spiro atoms. The first-order valence-electron chi connectivity index (χ1n) is 10.6. The fourth-order valence-electron chi connectivity index (χ4n) is 5.74. The van der Waals surface area contributed by atoms with Crippen molar-refractivity contribution in [2.75, 3.05) is 26.2 Å². The third-order valence-electron chi connectivity index (χ3n) is 7.32. The summed E-state index contributed by atoms with van der Waals surface area (Å²) in [5.41, 5.74) is -0.103. The van der Waals surface area contributed by atoms with E-state index in [0.29, 0.717) is 43.9 Å². The minimum Gasteiger partial charge on any atom is -0.467 e. The molecule has 5 aliphatic rings. The summed E-state index contributed by atoms with van der Waals surface area (Å²) in [4.78, 5) is 41.2. The molecule has 1 N–H and O–H groups in total. The minimum absolute atomic E-state index is 0.0130. The Morgan fingerprint density at radius 1 is 1.10 bits per heavy atom. The lowest BCUT2D eigenvalue weighted by Gasteiger charge is -2.55. The Morgan fingerprint density at radius 2 is 1.83 bits per heavy atom. The van der Waals surface area contributed by atoms with Gasteiger partial charge in [-0.3, -0.25) is 14.4 Å². The van der Waals surface area contributed by atoms with Crippen molar-refractivity contribution in [3.8, 4) is 5.75 Å². The number of fused-ring (bicyclic) bond motifs is 3. The maximum atomic E-state index is 13.2. The number of carbonyl (C=O) groups excluding carboxylic acids is 3. The van der Waals surface area contributed by atoms with Gasteiger partial charge in [-0.2, -0.15) is 0 Å². The van der Waals surface area contributed by atoms with Crippen molar-refractivity contribution < 1.29 is 19.1 Å². The van der Waals surface area contributed by atoms with E-state index >= 15 is 0 Å². The predicted molar refractivity (Wildman–Crippen MR) is 105 cm³/mol. The van der Waals surface area contributed by atoms with Gasteiger partial charge in [0.2, 0.25) is 11.8 Å². The molecule has 7 nitrogen and oxygen atoms in total. The highest BCUT2D eigenvalue weighted by Gasteiger charge is 2.57. The van der Waals surface area contributed by atoms with Crippen LogP contribution in [0.3, 0.4) is 0 Å². The summed E-state index contributed by atoms with van der Waals surface area (Å²) >= 11 is 0. The molecule has 2 aliphatic heterocycles. The maximum Gasteiger partial charge on any atom is 0.258 e. The lowest BCUT2D eigenvalue weighted by Crippen LogP contribution is -2.67. The van der Waals surface area contributed by atoms with Gasteiger partial charge in [-0.25, -0.2) is 0 Å². The average molecular weight is 397 g/mol. The molecule has 0 radical (unpaired) electrons. The summed E-state index contributed by atoms with van der Waals surface area (Å²) in [7, 11) is 0. The molecule has 4 fully saturated rings. The van der Waals surface area contributed by atoms with Crippen LogP contribution in [-0.4, -0.2) is 59.4 Å². The van der Waals surface area contributed by atoms with Gasteiger partial charge in [-0.15, -0.1) is 0 Å². The van der Waals surface area contributed by atoms with E-state index < -0.39 is 5.72 Å². The highest BCUT2D eigenvalue weighted by atomic mass is 16.5. The van der Waals surface area contributed by atoms with Crippen LogP contribution in [0.1, 0.15) is 43.0 Å². The van der Waals surface area contributed by atoms with E-state index in [0.717, 1.165) is 19.3 Å². The molecule has 6 rings (SSSR count). The number of nitrogens with one attached hydrogen (secondary N) is 1. The topological polar surface area (TPSA) is 79.0 Å². The van der Waals surface area contributed by atoms with E-state index in [4.69, 9.17) is 4.74 Å². The number of benzene rings is 1. The normalized spacial score (nSPS) is 33.1. The molecule has 1 aromatic rings. The Bertz CT molecular complexity index is 863. The summed E-state index contributed by atoms with van der Waals surface area (Å²) in [5.74, 6) is 1.18. The highest BCUT2D eigenvalue weighted by molar-refractivity contribution is 5.98. The zero-order valence-electron chi connectivity index (χ0n) is 16.7. The second-order valence-corrected chi connectivity index (χ2v) is 8.85. The zero-order chi connectivity index (χ0) is 20.2. The molecular weight excluding hydrogens is 370 g/mol. The quantitative estimate of drug-likeness (QED) is 0.781. The highest BCUT2D eigenvalue weighted by Crippen LogP contribution is 2.52. The third-order valence-corrected chi connectivity index (χ3v) is 7.32. The molecule has 29 heavy (non-hydrogen) atoms. The Kier molecular flexibility index (Phi) is 4.29. The van der Waals surface area contributed by atoms with Crippen molar-refractivity contribution in [2.24, 2.45) is 17.8 Å². The molecule has 2 heterocycles. The second kappa shape index (κ2) is 6.75. The van der Waals surface area contributed by atoms with Crippen molar-refractivity contribution in [2.45, 2.75) is 38.3 Å². The number of hydrogen-bond donors (Lipinski definition) is 1. The van der Waals surface area contributed by atoms with Crippen LogP contribution in [-0.2, 0) is 9.59 Å². The lowest BCUT2D eigenvalue weighted by atomic mass is 9.59. The first-order chi connectivity index (χ1) is 14.0. The van der Waals surface area contributed by atoms with E-state index in [1.54, 1.807) is 17.9 Å². The van der Waals surface area contributed by atoms with Crippen molar-refractivity contribution in [3.05, 3.63) is 29.8 Å². The fourth-order valence-corrected chi connectivity index (χ4v) is 5.74. The van der Waals surface area contributed by atoms with Gasteiger partial charge in [-0.1, -0.05) is 12.1 Å². The van der Waals surface area contributed by atoms with Gasteiger partial charge in [-0.05, 0) is 37.3 Å². The molecule has 3 amide bonds. The van der Waals surface area contributed by atoms with Gasteiger partial charge in [0.05, 0.1) is 5.56 Å². The van der Waals surface area contributed by atoms with Crippen LogP contribution in [0.2, 0.25) is 0 Å². The number of piperazine rings is 1. The molecular formula is C22H27N3O4. The standard InChI is InChI=1S/C22H27N3O4/c1-14(26)24-8-10-25(11-9-24)21(28)18-12-16-7-6-15(18)13-22(16)23-20(27)17-4-2-3-5-19(17)29-22/h2-5,15-16,18H,6-13H2,1H3,(H,23,27)/t15-,16-,18+,22+/m1/s1. The number of rotatable bonds is 1. The number of nitrogens with zero attached hydrogens (tertiary/aromatic N) is 2. The van der Waals surface area contributed by atoms with Gasteiger partial charge in [0.1, 0.15) is 5.75 Å². The van der Waals surface area contributed by atoms with Gasteiger partial charge in [0, 0.05) is 51.4 Å². The van der Waals surface area contributed by atoms with Crippen molar-refractivity contribution >= 4 is 17.7 Å². The van der Waals surface area contributed by atoms with Gasteiger partial charge >= 0.3 is 0 Å². The van der Waals surface area contributed by atoms with Crippen LogP contribution in [0.15, 0.2) is 24.3 Å². The average Bonchev–Trinajstić information content (AvgIpc) is 2.73. The van der Waals surface area contributed by atoms with E-state index in [2.05, 4.69) is 5.32 Å². The molecule has 154 valence electrons. The van der Waals surface area contributed by atoms with Gasteiger partial charge < -0.3 is 19.9 Å². The molecule has 1 aromatic carbocycles. The Morgan fingerprint density at radius 3 is 2.52 bits per heavy atom. The van der Waals surface area contributed by atoms with Gasteiger partial charge in [0.15, 0.2) is 5.72 Å². The van der Waals surface area contributed by atoms with Crippen molar-refractivity contribution in [3.63, 3.8) is 0 Å². The smallest absolute Gasteiger partial charge is 0.258 e. The molecule has 3 aliphatic carbocycles. The Balaban J connectivity index is 1.31. The summed E-state index contributed by atoms with van der Waals surface area (Å²) in [6.07, 6.45) is 3.40. The summed E-state index contributed by atoms with van der Waals surface area (Å²) in [5, 5.41) is 3.15. The maximum absolute atomic E-state index is 13.2. The first kappa shape index (κ1) is 18.5. The van der Waals surface area contributed by atoms with Crippen LogP contribution in [0.5, 0.6) is 5.75 Å². The number of carbonyl (C=O) groups is 3. The monoisotopic (exact) mass is 397 g/mol. The van der Waals surface area contributed by atoms with Crippen LogP contribution in [0.4, 0.5) is 0 Å². The molecule has 1 saturated heterocycles. The summed E-state index contributed by atoms with van der Waals surface area (Å²) < 4.78 is 6.38. The van der Waals surface area contributed by atoms with Crippen LogP contribution >= 0.6 is 0 Å². The fraction of sp³-hybridized carbons (Fsp3) is 0.591. The largest absolute Gasteiger partial charge is 0.467 e. The first-order valence-corrected chi connectivity index (χ1v) is 10.6. The van der Waals surface area contributed by atoms with Crippen LogP contribution in [0.25, 0.3) is 0 Å². The van der Waals surface area contributed by atoms with Crippen LogP contribution in [0, 0.1) is 17.8 Å². The molecule has 3 saturated carbocycles.